The Kier molecular flexibility index (Phi) is 6.80. The monoisotopic (exact) mass is 270 g/mol. The van der Waals surface area contributed by atoms with E-state index in [1.807, 2.05) is 4.90 Å². The molecule has 4 heteroatoms. The Labute approximate surface area is 117 Å². The van der Waals surface area contributed by atoms with Crippen molar-refractivity contribution in [2.45, 2.75) is 59.2 Å². The Morgan fingerprint density at radius 3 is 2.53 bits per heavy atom. The number of hydrogen-bond donors (Lipinski definition) is 1. The lowest BCUT2D eigenvalue weighted by Crippen LogP contribution is -2.42. The minimum atomic E-state index is -0.000162. The Morgan fingerprint density at radius 2 is 2.00 bits per heavy atom. The van der Waals surface area contributed by atoms with Gasteiger partial charge in [-0.05, 0) is 24.7 Å². The van der Waals surface area contributed by atoms with Crippen LogP contribution in [0.5, 0.6) is 0 Å². The molecule has 112 valence electrons. The molecule has 1 saturated heterocycles. The summed E-state index contributed by atoms with van der Waals surface area (Å²) in [5.74, 6) is 1.13. The van der Waals surface area contributed by atoms with Gasteiger partial charge in [-0.2, -0.15) is 0 Å². The Balaban J connectivity index is 2.61. The normalized spacial score (nSPS) is 25.4. The average molecular weight is 270 g/mol. The number of methoxy groups -OCH3 is 1. The number of amides is 1. The molecule has 1 rings (SSSR count). The molecule has 0 aromatic heterocycles. The number of carbonyl (C=O) groups excluding carboxylic acids is 1. The van der Waals surface area contributed by atoms with Gasteiger partial charge in [0.25, 0.3) is 0 Å². The molecule has 0 saturated carbocycles. The van der Waals surface area contributed by atoms with E-state index in [1.54, 1.807) is 7.11 Å². The summed E-state index contributed by atoms with van der Waals surface area (Å²) in [4.78, 5) is 14.6. The van der Waals surface area contributed by atoms with Crippen LogP contribution >= 0.6 is 0 Å². The van der Waals surface area contributed by atoms with Gasteiger partial charge in [-0.15, -0.1) is 0 Å². The largest absolute Gasteiger partial charge is 0.385 e. The van der Waals surface area contributed by atoms with Crippen molar-refractivity contribution in [1.82, 2.24) is 10.2 Å². The summed E-state index contributed by atoms with van der Waals surface area (Å²) in [5, 5.41) is 3.53. The molecular formula is C15H30N2O2. The molecule has 3 atom stereocenters. The zero-order valence-corrected chi connectivity index (χ0v) is 13.1. The Morgan fingerprint density at radius 1 is 1.32 bits per heavy atom. The highest BCUT2D eigenvalue weighted by Crippen LogP contribution is 2.23. The first kappa shape index (κ1) is 16.4. The lowest BCUT2D eigenvalue weighted by molar-refractivity contribution is -0.131. The van der Waals surface area contributed by atoms with Crippen molar-refractivity contribution in [3.05, 3.63) is 0 Å². The van der Waals surface area contributed by atoms with E-state index < -0.39 is 0 Å². The molecule has 0 aromatic rings. The number of nitrogens with one attached hydrogen (secondary N) is 1. The Hall–Kier alpha value is -0.610. The summed E-state index contributed by atoms with van der Waals surface area (Å²) in [5.41, 5.74) is 0. The highest BCUT2D eigenvalue weighted by Gasteiger charge is 2.41. The minimum absolute atomic E-state index is 0.000162. The minimum Gasteiger partial charge on any atom is -0.385 e. The van der Waals surface area contributed by atoms with Crippen LogP contribution < -0.4 is 5.32 Å². The number of nitrogens with zero attached hydrogens (tertiary/aromatic N) is 1. The topological polar surface area (TPSA) is 41.6 Å². The molecule has 1 aliphatic rings. The van der Waals surface area contributed by atoms with Crippen LogP contribution in [-0.2, 0) is 9.53 Å². The Bertz CT molecular complexity index is 281. The summed E-state index contributed by atoms with van der Waals surface area (Å²) in [6, 6.07) is -0.000162. The van der Waals surface area contributed by atoms with Crippen molar-refractivity contribution in [1.29, 1.82) is 0 Å². The van der Waals surface area contributed by atoms with Gasteiger partial charge < -0.3 is 9.64 Å². The van der Waals surface area contributed by atoms with Crippen LogP contribution in [0, 0.1) is 11.8 Å². The van der Waals surface area contributed by atoms with Crippen LogP contribution in [0.4, 0.5) is 0 Å². The molecule has 0 radical (unpaired) electrons. The van der Waals surface area contributed by atoms with Gasteiger partial charge in [-0.25, -0.2) is 0 Å². The summed E-state index contributed by atoms with van der Waals surface area (Å²) in [7, 11) is 1.72. The van der Waals surface area contributed by atoms with Gasteiger partial charge >= 0.3 is 0 Å². The van der Waals surface area contributed by atoms with E-state index in [0.717, 1.165) is 32.4 Å². The van der Waals surface area contributed by atoms with E-state index in [1.165, 1.54) is 0 Å². The van der Waals surface area contributed by atoms with Crippen LogP contribution in [0.25, 0.3) is 0 Å². The SMILES string of the molecule is CCC(C)C1NC(C(C)C)N(CCCCOC)C1=O. The molecular weight excluding hydrogens is 240 g/mol. The van der Waals surface area contributed by atoms with Gasteiger partial charge in [-0.3, -0.25) is 10.1 Å². The maximum absolute atomic E-state index is 12.5. The second kappa shape index (κ2) is 7.85. The van der Waals surface area contributed by atoms with Crippen molar-refractivity contribution in [2.24, 2.45) is 11.8 Å². The fraction of sp³-hybridized carbons (Fsp3) is 0.933. The van der Waals surface area contributed by atoms with E-state index in [4.69, 9.17) is 4.74 Å². The van der Waals surface area contributed by atoms with Crippen molar-refractivity contribution in [3.63, 3.8) is 0 Å². The van der Waals surface area contributed by atoms with Gasteiger partial charge in [0.1, 0.15) is 0 Å². The predicted octanol–water partition coefficient (Wildman–Crippen LogP) is 2.24. The van der Waals surface area contributed by atoms with Gasteiger partial charge in [0.15, 0.2) is 0 Å². The smallest absolute Gasteiger partial charge is 0.241 e. The number of hydrogen-bond acceptors (Lipinski definition) is 3. The van der Waals surface area contributed by atoms with E-state index in [2.05, 4.69) is 33.0 Å². The van der Waals surface area contributed by atoms with Gasteiger partial charge in [0, 0.05) is 20.3 Å². The molecule has 1 amide bonds. The lowest BCUT2D eigenvalue weighted by atomic mass is 9.99. The lowest BCUT2D eigenvalue weighted by Gasteiger charge is -2.27. The van der Waals surface area contributed by atoms with Crippen molar-refractivity contribution in [2.75, 3.05) is 20.3 Å². The molecule has 0 bridgehead atoms. The molecule has 0 spiro atoms. The van der Waals surface area contributed by atoms with Gasteiger partial charge in [0.2, 0.25) is 5.91 Å². The summed E-state index contributed by atoms with van der Waals surface area (Å²) in [6.07, 6.45) is 3.25. The van der Waals surface area contributed by atoms with Crippen LogP contribution in [0.3, 0.4) is 0 Å². The number of carbonyl (C=O) groups is 1. The molecule has 1 heterocycles. The molecule has 19 heavy (non-hydrogen) atoms. The number of rotatable bonds is 8. The van der Waals surface area contributed by atoms with E-state index in [-0.39, 0.29) is 18.1 Å². The maximum Gasteiger partial charge on any atom is 0.241 e. The van der Waals surface area contributed by atoms with Crippen LogP contribution in [-0.4, -0.2) is 43.3 Å². The first-order valence-corrected chi connectivity index (χ1v) is 7.58. The first-order valence-electron chi connectivity index (χ1n) is 7.58. The summed E-state index contributed by atoms with van der Waals surface area (Å²) >= 11 is 0. The van der Waals surface area contributed by atoms with Gasteiger partial charge in [-0.1, -0.05) is 34.1 Å². The van der Waals surface area contributed by atoms with Crippen LogP contribution in [0.1, 0.15) is 47.0 Å². The molecule has 0 aromatic carbocycles. The third-order valence-corrected chi connectivity index (χ3v) is 4.08. The number of ether oxygens (including phenoxy) is 1. The van der Waals surface area contributed by atoms with Crippen LogP contribution in [0.2, 0.25) is 0 Å². The van der Waals surface area contributed by atoms with E-state index >= 15 is 0 Å². The molecule has 1 fully saturated rings. The predicted molar refractivity (Wildman–Crippen MR) is 77.8 cm³/mol. The molecule has 4 nitrogen and oxygen atoms in total. The third-order valence-electron chi connectivity index (χ3n) is 4.08. The maximum atomic E-state index is 12.5. The zero-order valence-electron chi connectivity index (χ0n) is 13.1. The standard InChI is InChI=1S/C15H30N2O2/c1-6-12(4)13-15(18)17(9-7-8-10-19-5)14(16-13)11(2)3/h11-14,16H,6-10H2,1-5H3. The van der Waals surface area contributed by atoms with E-state index in [9.17, 15) is 4.79 Å². The van der Waals surface area contributed by atoms with Crippen molar-refractivity contribution < 1.29 is 9.53 Å². The van der Waals surface area contributed by atoms with Gasteiger partial charge in [0.05, 0.1) is 12.2 Å². The third kappa shape index (κ3) is 4.18. The van der Waals surface area contributed by atoms with Crippen LogP contribution in [0.15, 0.2) is 0 Å². The highest BCUT2D eigenvalue weighted by atomic mass is 16.5. The molecule has 0 aliphatic carbocycles. The average Bonchev–Trinajstić information content (AvgIpc) is 2.71. The summed E-state index contributed by atoms with van der Waals surface area (Å²) in [6.45, 7) is 10.3. The fourth-order valence-corrected chi connectivity index (χ4v) is 2.63. The van der Waals surface area contributed by atoms with Crippen molar-refractivity contribution in [3.8, 4) is 0 Å². The first-order chi connectivity index (χ1) is 9.02. The summed E-state index contributed by atoms with van der Waals surface area (Å²) < 4.78 is 5.07. The highest BCUT2D eigenvalue weighted by molar-refractivity contribution is 5.84. The second-order valence-electron chi connectivity index (χ2n) is 5.95. The van der Waals surface area contributed by atoms with Crippen molar-refractivity contribution >= 4 is 5.91 Å². The second-order valence-corrected chi connectivity index (χ2v) is 5.95. The quantitative estimate of drug-likeness (QED) is 0.688. The number of unbranched alkanes of at least 4 members (excludes halogenated alkanes) is 1. The molecule has 3 unspecified atom stereocenters. The molecule has 1 aliphatic heterocycles. The van der Waals surface area contributed by atoms with E-state index in [0.29, 0.717) is 11.8 Å². The fourth-order valence-electron chi connectivity index (χ4n) is 2.63. The zero-order chi connectivity index (χ0) is 14.4. The molecule has 1 N–H and O–H groups in total.